The molecule has 2 aliphatic rings. The highest BCUT2D eigenvalue weighted by atomic mass is 32.1. The monoisotopic (exact) mass is 449 g/mol. The Bertz CT molecular complexity index is 1170. The molecule has 1 saturated heterocycles. The molecule has 0 aliphatic carbocycles. The zero-order chi connectivity index (χ0) is 21.8. The van der Waals surface area contributed by atoms with E-state index < -0.39 is 6.29 Å². The Kier molecular flexibility index (Phi) is 4.43. The van der Waals surface area contributed by atoms with Crippen molar-refractivity contribution in [3.8, 4) is 11.5 Å². The highest BCUT2D eigenvalue weighted by molar-refractivity contribution is 7.16. The smallest absolute Gasteiger partial charge is 0.395 e. The molecular formula is C18H17F2N7O3S. The molecule has 5 rings (SSSR count). The summed E-state index contributed by atoms with van der Waals surface area (Å²) in [4.78, 5) is 30.0. The number of aromatic nitrogens is 3. The molecule has 0 bridgehead atoms. The first-order valence-electron chi connectivity index (χ1n) is 9.38. The minimum Gasteiger partial charge on any atom is -0.395 e. The van der Waals surface area contributed by atoms with Gasteiger partial charge in [-0.2, -0.15) is 4.98 Å². The lowest BCUT2D eigenvalue weighted by Gasteiger charge is -2.40. The van der Waals surface area contributed by atoms with Gasteiger partial charge in [0.1, 0.15) is 5.52 Å². The topological polar surface area (TPSA) is 119 Å². The minimum atomic E-state index is -3.70. The van der Waals surface area contributed by atoms with Crippen molar-refractivity contribution < 1.29 is 23.0 Å². The molecule has 0 saturated carbocycles. The first kappa shape index (κ1) is 19.5. The fourth-order valence-electron chi connectivity index (χ4n) is 3.65. The summed E-state index contributed by atoms with van der Waals surface area (Å²) in [6, 6.07) is 3.69. The molecule has 31 heavy (non-hydrogen) atoms. The molecule has 3 N–H and O–H groups in total. The first-order valence-corrected chi connectivity index (χ1v) is 10.3. The van der Waals surface area contributed by atoms with Crippen LogP contribution in [0.4, 0.5) is 31.0 Å². The number of anilines is 3. The Labute approximate surface area is 178 Å². The number of nitrogen functional groups attached to an aromatic ring is 1. The predicted molar refractivity (Wildman–Crippen MR) is 110 cm³/mol. The summed E-state index contributed by atoms with van der Waals surface area (Å²) in [7, 11) is 0. The van der Waals surface area contributed by atoms with Gasteiger partial charge in [-0.25, -0.2) is 14.8 Å². The third kappa shape index (κ3) is 3.60. The Balaban J connectivity index is 1.28. The fraction of sp³-hybridized carbons (Fsp3) is 0.333. The maximum atomic E-state index is 13.2. The number of benzene rings is 1. The lowest BCUT2D eigenvalue weighted by Crippen LogP contribution is -2.55. The van der Waals surface area contributed by atoms with Gasteiger partial charge in [0.25, 0.3) is 0 Å². The van der Waals surface area contributed by atoms with Crippen LogP contribution in [0.5, 0.6) is 11.5 Å². The van der Waals surface area contributed by atoms with Gasteiger partial charge in [0.15, 0.2) is 22.1 Å². The van der Waals surface area contributed by atoms with Crippen molar-refractivity contribution in [2.45, 2.75) is 19.3 Å². The molecule has 2 amide bonds. The molecular weight excluding hydrogens is 432 g/mol. The Hall–Kier alpha value is -3.48. The van der Waals surface area contributed by atoms with Crippen LogP contribution in [-0.2, 0) is 0 Å². The molecule has 1 atom stereocenters. The number of thiazole rings is 1. The zero-order valence-corrected chi connectivity index (χ0v) is 17.0. The van der Waals surface area contributed by atoms with Crippen LogP contribution in [0.2, 0.25) is 0 Å². The van der Waals surface area contributed by atoms with Crippen LogP contribution < -0.4 is 25.4 Å². The first-order chi connectivity index (χ1) is 14.8. The molecule has 162 valence electrons. The lowest BCUT2D eigenvalue weighted by atomic mass is 10.2. The van der Waals surface area contributed by atoms with Crippen molar-refractivity contribution in [3.63, 3.8) is 0 Å². The van der Waals surface area contributed by atoms with Gasteiger partial charge >= 0.3 is 12.3 Å². The molecule has 1 aromatic carbocycles. The Morgan fingerprint density at radius 1 is 1.29 bits per heavy atom. The molecule has 3 aromatic rings. The van der Waals surface area contributed by atoms with Crippen LogP contribution in [0.25, 0.3) is 10.3 Å². The normalized spacial score (nSPS) is 19.6. The minimum absolute atomic E-state index is 0.0610. The number of carbonyl (C=O) groups is 1. The summed E-state index contributed by atoms with van der Waals surface area (Å²) in [5.74, 6) is 0.609. The largest absolute Gasteiger partial charge is 0.586 e. The number of fused-ring (bicyclic) bond motifs is 2. The van der Waals surface area contributed by atoms with E-state index in [-0.39, 0.29) is 29.5 Å². The standard InChI is InChI=1S/C18H17F2N7O3S/c1-9-7-26(4-5-27(9)14-13-15(31-8-22-13)25-16(21)24-14)17(28)23-10-2-3-11-12(6-10)30-18(19,20)29-11/h2-3,6,8-9H,4-5,7H2,1H3,(H,23,28)(H2,21,24,25)/t9-/m0/s1. The second-order valence-electron chi connectivity index (χ2n) is 7.16. The molecule has 4 heterocycles. The van der Waals surface area contributed by atoms with Crippen molar-refractivity contribution in [3.05, 3.63) is 23.7 Å². The average Bonchev–Trinajstić information content (AvgIpc) is 3.29. The SMILES string of the molecule is C[C@H]1CN(C(=O)Nc2ccc3c(c2)OC(F)(F)O3)CCN1c1nc(N)nc2scnc12. The van der Waals surface area contributed by atoms with Crippen molar-refractivity contribution >= 4 is 45.2 Å². The third-order valence-electron chi connectivity index (χ3n) is 5.04. The highest BCUT2D eigenvalue weighted by Gasteiger charge is 2.43. The summed E-state index contributed by atoms with van der Waals surface area (Å²) in [5, 5.41) is 2.71. The van der Waals surface area contributed by atoms with Crippen molar-refractivity contribution in [2.24, 2.45) is 0 Å². The van der Waals surface area contributed by atoms with Gasteiger partial charge in [-0.1, -0.05) is 0 Å². The number of halogens is 2. The summed E-state index contributed by atoms with van der Waals surface area (Å²) in [6.45, 7) is 3.34. The van der Waals surface area contributed by atoms with E-state index in [0.29, 0.717) is 41.5 Å². The van der Waals surface area contributed by atoms with Crippen molar-refractivity contribution in [2.75, 3.05) is 35.6 Å². The van der Waals surface area contributed by atoms with Gasteiger partial charge in [-0.3, -0.25) is 0 Å². The van der Waals surface area contributed by atoms with Crippen LogP contribution in [0.15, 0.2) is 23.7 Å². The molecule has 2 aromatic heterocycles. The van der Waals surface area contributed by atoms with Crippen LogP contribution in [0, 0.1) is 0 Å². The number of alkyl halides is 2. The lowest BCUT2D eigenvalue weighted by molar-refractivity contribution is -0.286. The van der Waals surface area contributed by atoms with Crippen LogP contribution in [0.1, 0.15) is 6.92 Å². The number of nitrogens with zero attached hydrogens (tertiary/aromatic N) is 5. The van der Waals surface area contributed by atoms with E-state index in [1.165, 1.54) is 29.5 Å². The number of urea groups is 1. The molecule has 13 heteroatoms. The van der Waals surface area contributed by atoms with E-state index in [1.807, 2.05) is 11.8 Å². The number of ether oxygens (including phenoxy) is 2. The Morgan fingerprint density at radius 3 is 2.90 bits per heavy atom. The van der Waals surface area contributed by atoms with E-state index in [1.54, 1.807) is 10.4 Å². The maximum Gasteiger partial charge on any atom is 0.586 e. The number of piperazine rings is 1. The second-order valence-corrected chi connectivity index (χ2v) is 7.99. The summed E-state index contributed by atoms with van der Waals surface area (Å²) in [6.07, 6.45) is -3.70. The molecule has 2 aliphatic heterocycles. The van der Waals surface area contributed by atoms with Crippen LogP contribution in [0.3, 0.4) is 0 Å². The maximum absolute atomic E-state index is 13.2. The number of carbonyl (C=O) groups excluding carboxylic acids is 1. The van der Waals surface area contributed by atoms with E-state index in [2.05, 4.69) is 29.7 Å². The van der Waals surface area contributed by atoms with Gasteiger partial charge in [0.2, 0.25) is 5.95 Å². The van der Waals surface area contributed by atoms with Gasteiger partial charge < -0.3 is 30.3 Å². The molecule has 0 spiro atoms. The van der Waals surface area contributed by atoms with Crippen molar-refractivity contribution in [1.29, 1.82) is 0 Å². The number of nitrogens with one attached hydrogen (secondary N) is 1. The zero-order valence-electron chi connectivity index (χ0n) is 16.2. The van der Waals surface area contributed by atoms with E-state index in [9.17, 15) is 13.6 Å². The third-order valence-corrected chi connectivity index (χ3v) is 5.76. The number of hydrogen-bond acceptors (Lipinski definition) is 9. The molecule has 1 fully saturated rings. The molecule has 0 radical (unpaired) electrons. The van der Waals surface area contributed by atoms with Crippen LogP contribution >= 0.6 is 11.3 Å². The number of nitrogens with two attached hydrogens (primary N) is 1. The number of hydrogen-bond donors (Lipinski definition) is 2. The number of amides is 2. The number of rotatable bonds is 2. The molecule has 0 unspecified atom stereocenters. The summed E-state index contributed by atoms with van der Waals surface area (Å²) >= 11 is 1.39. The van der Waals surface area contributed by atoms with Gasteiger partial charge in [0.05, 0.1) is 5.51 Å². The Morgan fingerprint density at radius 2 is 2.10 bits per heavy atom. The summed E-state index contributed by atoms with van der Waals surface area (Å²) < 4.78 is 35.1. The molecule has 10 nitrogen and oxygen atoms in total. The van der Waals surface area contributed by atoms with Crippen molar-refractivity contribution in [1.82, 2.24) is 19.9 Å². The fourth-order valence-corrected chi connectivity index (χ4v) is 4.31. The average molecular weight is 449 g/mol. The van der Waals surface area contributed by atoms with Gasteiger partial charge in [0, 0.05) is 37.4 Å². The van der Waals surface area contributed by atoms with Crippen LogP contribution in [-0.4, -0.2) is 57.9 Å². The predicted octanol–water partition coefficient (Wildman–Crippen LogP) is 2.73. The van der Waals surface area contributed by atoms with E-state index >= 15 is 0 Å². The quantitative estimate of drug-likeness (QED) is 0.613. The second kappa shape index (κ2) is 7.04. The van der Waals surface area contributed by atoms with Gasteiger partial charge in [-0.15, -0.1) is 20.1 Å². The van der Waals surface area contributed by atoms with E-state index in [4.69, 9.17) is 5.73 Å². The van der Waals surface area contributed by atoms with Gasteiger partial charge in [-0.05, 0) is 19.1 Å². The van der Waals surface area contributed by atoms with E-state index in [0.717, 1.165) is 0 Å². The summed E-state index contributed by atoms with van der Waals surface area (Å²) in [5.41, 5.74) is 8.54. The highest BCUT2D eigenvalue weighted by Crippen LogP contribution is 2.42.